The van der Waals surface area contributed by atoms with E-state index in [1.807, 2.05) is 31.4 Å². The molecule has 2 amide bonds. The highest BCUT2D eigenvalue weighted by Crippen LogP contribution is 2.52. The summed E-state index contributed by atoms with van der Waals surface area (Å²) >= 11 is 0. The highest BCUT2D eigenvalue weighted by Gasteiger charge is 2.55. The van der Waals surface area contributed by atoms with E-state index in [4.69, 9.17) is 5.73 Å². The second-order valence-electron chi connectivity index (χ2n) is 8.53. The Morgan fingerprint density at radius 2 is 1.78 bits per heavy atom. The molecule has 0 aliphatic carbocycles. The summed E-state index contributed by atoms with van der Waals surface area (Å²) < 4.78 is 1.39. The van der Waals surface area contributed by atoms with Crippen molar-refractivity contribution < 1.29 is 9.59 Å². The van der Waals surface area contributed by atoms with Crippen LogP contribution in [0.25, 0.3) is 10.9 Å². The Morgan fingerprint density at radius 3 is 2.37 bits per heavy atom. The molecule has 0 saturated carbocycles. The van der Waals surface area contributed by atoms with E-state index in [0.29, 0.717) is 22.4 Å². The van der Waals surface area contributed by atoms with Crippen molar-refractivity contribution in [1.29, 1.82) is 0 Å². The number of nitrogen functional groups attached to an aromatic ring is 1. The molecular formula is C14H20B6N4O3. The number of fused-ring (bicyclic) bond motifs is 1. The van der Waals surface area contributed by atoms with E-state index < -0.39 is 22.4 Å². The van der Waals surface area contributed by atoms with Crippen LogP contribution in [0.2, 0.25) is 10.4 Å². The van der Waals surface area contributed by atoms with Crippen molar-refractivity contribution in [2.24, 2.45) is 0 Å². The molecule has 1 aromatic heterocycles. The third kappa shape index (κ3) is 2.51. The van der Waals surface area contributed by atoms with Gasteiger partial charge in [-0.3, -0.25) is 24.3 Å². The lowest BCUT2D eigenvalue weighted by atomic mass is 9.26. The predicted molar refractivity (Wildman–Crippen MR) is 123 cm³/mol. The summed E-state index contributed by atoms with van der Waals surface area (Å²) in [6.45, 7) is 1.70. The number of carbonyl (C=O) groups excluding carboxylic acids is 2. The molecule has 1 unspecified atom stereocenters. The first-order chi connectivity index (χ1) is 12.3. The number of aromatic nitrogens is 2. The van der Waals surface area contributed by atoms with E-state index in [0.717, 1.165) is 10.9 Å². The number of imide groups is 1. The molecular weight excluding hydrogens is 337 g/mol. The number of hydrogen-bond donors (Lipinski definition) is 2. The zero-order valence-corrected chi connectivity index (χ0v) is 16.9. The minimum absolute atomic E-state index is 0.307. The number of aryl methyl sites for hydroxylation is 1. The number of carbonyl (C=O) groups is 2. The Labute approximate surface area is 162 Å². The van der Waals surface area contributed by atoms with Crippen molar-refractivity contribution in [3.63, 3.8) is 0 Å². The van der Waals surface area contributed by atoms with Gasteiger partial charge in [-0.2, -0.15) is 0 Å². The van der Waals surface area contributed by atoms with Gasteiger partial charge in [0.25, 0.3) is 5.56 Å². The van der Waals surface area contributed by atoms with Crippen LogP contribution in [0.1, 0.15) is 11.9 Å². The zero-order valence-electron chi connectivity index (χ0n) is 16.9. The first-order valence-corrected chi connectivity index (χ1v) is 8.96. The van der Waals surface area contributed by atoms with Gasteiger partial charge in [-0.05, 0) is 18.2 Å². The number of anilines is 1. The van der Waals surface area contributed by atoms with Crippen LogP contribution in [0.4, 0.5) is 5.69 Å². The Balaban J connectivity index is 2.40. The van der Waals surface area contributed by atoms with Crippen LogP contribution in [-0.4, -0.2) is 68.4 Å². The van der Waals surface area contributed by atoms with Crippen molar-refractivity contribution in [3.8, 4) is 0 Å². The molecule has 1 atom stereocenters. The Hall–Kier alpha value is -2.31. The van der Waals surface area contributed by atoms with E-state index in [2.05, 4.69) is 10.3 Å². The lowest BCUT2D eigenvalue weighted by Gasteiger charge is -2.50. The maximum atomic E-state index is 13.4. The van der Waals surface area contributed by atoms with Crippen molar-refractivity contribution in [3.05, 3.63) is 22.2 Å². The van der Waals surface area contributed by atoms with Crippen LogP contribution < -0.4 is 27.5 Å². The quantitative estimate of drug-likeness (QED) is 0.300. The van der Waals surface area contributed by atoms with E-state index in [1.54, 1.807) is 28.7 Å². The summed E-state index contributed by atoms with van der Waals surface area (Å²) in [7, 11) is 11.0. The molecule has 1 fully saturated rings. The van der Waals surface area contributed by atoms with Gasteiger partial charge in [-0.15, -0.1) is 0 Å². The van der Waals surface area contributed by atoms with Crippen LogP contribution in [0.3, 0.4) is 0 Å². The maximum Gasteiger partial charge on any atom is 0.264 e. The molecule has 13 heteroatoms. The van der Waals surface area contributed by atoms with E-state index in [9.17, 15) is 14.4 Å². The third-order valence-electron chi connectivity index (χ3n) is 6.50. The first-order valence-electron chi connectivity index (χ1n) is 8.96. The molecule has 1 saturated heterocycles. The van der Waals surface area contributed by atoms with Gasteiger partial charge >= 0.3 is 0 Å². The average molecular weight is 357 g/mol. The third-order valence-corrected chi connectivity index (χ3v) is 6.50. The molecule has 2 aromatic rings. The summed E-state index contributed by atoms with van der Waals surface area (Å²) in [6.07, 6.45) is 0. The number of piperidine rings is 1. The molecule has 0 radical (unpaired) electrons. The Kier molecular flexibility index (Phi) is 4.21. The molecule has 1 aliphatic heterocycles. The number of benzene rings is 1. The van der Waals surface area contributed by atoms with Gasteiger partial charge in [-0.25, -0.2) is 4.98 Å². The summed E-state index contributed by atoms with van der Waals surface area (Å²) in [5.74, 6) is -0.434. The van der Waals surface area contributed by atoms with E-state index in [-0.39, 0.29) is 11.5 Å². The second-order valence-corrected chi connectivity index (χ2v) is 8.53. The smallest absolute Gasteiger partial charge is 0.264 e. The fourth-order valence-electron chi connectivity index (χ4n) is 3.81. The van der Waals surface area contributed by atoms with Crippen molar-refractivity contribution in [1.82, 2.24) is 14.9 Å². The van der Waals surface area contributed by atoms with Crippen LogP contribution >= 0.6 is 0 Å². The summed E-state index contributed by atoms with van der Waals surface area (Å²) in [5, 5.41) is 1.05. The molecule has 0 spiro atoms. The maximum absolute atomic E-state index is 13.4. The number of nitrogens with one attached hydrogen (secondary N) is 1. The van der Waals surface area contributed by atoms with Crippen molar-refractivity contribution in [2.75, 3.05) is 5.73 Å². The minimum atomic E-state index is -0.879. The lowest BCUT2D eigenvalue weighted by molar-refractivity contribution is -0.137. The van der Waals surface area contributed by atoms with Crippen LogP contribution in [0.5, 0.6) is 0 Å². The molecule has 1 aliphatic rings. The van der Waals surface area contributed by atoms with Gasteiger partial charge in [0.15, 0.2) is 0 Å². The number of nitrogens with zero attached hydrogens (tertiary/aromatic N) is 2. The largest absolute Gasteiger partial charge is 0.398 e. The SMILES string of the molecule is Bc1cc(N)c2c(=O)n(C3C(=O)NC(=O)C(B)(B)C3(B)B)c(C)nc2c1B. The van der Waals surface area contributed by atoms with Gasteiger partial charge in [0, 0.05) is 5.69 Å². The monoisotopic (exact) mass is 358 g/mol. The van der Waals surface area contributed by atoms with Crippen LogP contribution in [0.15, 0.2) is 10.9 Å². The van der Waals surface area contributed by atoms with Crippen molar-refractivity contribution >= 4 is 86.4 Å². The summed E-state index contributed by atoms with van der Waals surface area (Å²) in [5.41, 5.74) is 8.50. The molecule has 3 rings (SSSR count). The minimum Gasteiger partial charge on any atom is -0.398 e. The van der Waals surface area contributed by atoms with Crippen LogP contribution in [-0.2, 0) is 9.59 Å². The van der Waals surface area contributed by atoms with E-state index in [1.165, 1.54) is 4.57 Å². The standard InChI is InChI=1S/C14H20B6N4O3/c1-3-22-8-6(5(21)2-4(15)7(8)16)11(26)24(3)9-10(25)23-12(27)14(19,20)13(9,17)18/h2,9H,15-21H2,1H3,(H,23,25,27). The number of amides is 2. The predicted octanol–water partition coefficient (Wildman–Crippen LogP) is -7.23. The molecule has 0 bridgehead atoms. The van der Waals surface area contributed by atoms with Gasteiger partial charge < -0.3 is 5.73 Å². The Bertz CT molecular complexity index is 1080. The molecule has 2 heterocycles. The zero-order chi connectivity index (χ0) is 20.5. The summed E-state index contributed by atoms with van der Waals surface area (Å²) in [4.78, 5) is 43.2. The molecule has 3 N–H and O–H groups in total. The number of hydrogen-bond acceptors (Lipinski definition) is 5. The average Bonchev–Trinajstić information content (AvgIpc) is 2.53. The highest BCUT2D eigenvalue weighted by molar-refractivity contribution is 6.63. The van der Waals surface area contributed by atoms with E-state index >= 15 is 0 Å². The topological polar surface area (TPSA) is 107 Å². The summed E-state index contributed by atoms with van der Waals surface area (Å²) in [6, 6.07) is 0.871. The first kappa shape index (κ1) is 19.5. The highest BCUT2D eigenvalue weighted by atomic mass is 16.2. The van der Waals surface area contributed by atoms with Gasteiger partial charge in [0.2, 0.25) is 11.8 Å². The van der Waals surface area contributed by atoms with Crippen LogP contribution in [0, 0.1) is 6.92 Å². The lowest BCUT2D eigenvalue weighted by Crippen LogP contribution is -2.61. The molecule has 7 nitrogen and oxygen atoms in total. The Morgan fingerprint density at radius 1 is 1.19 bits per heavy atom. The second kappa shape index (κ2) is 5.84. The molecule has 27 heavy (non-hydrogen) atoms. The van der Waals surface area contributed by atoms with Gasteiger partial charge in [0.05, 0.1) is 10.9 Å². The fraction of sp³-hybridized carbons (Fsp3) is 0.286. The normalized spacial score (nSPS) is 21.1. The van der Waals surface area contributed by atoms with Gasteiger partial charge in [-0.1, -0.05) is 16.1 Å². The number of rotatable bonds is 1. The van der Waals surface area contributed by atoms with Crippen molar-refractivity contribution in [2.45, 2.75) is 23.4 Å². The fourth-order valence-corrected chi connectivity index (χ4v) is 3.81. The molecule has 132 valence electrons. The van der Waals surface area contributed by atoms with Gasteiger partial charge in [0.1, 0.15) is 58.9 Å². The molecule has 1 aromatic carbocycles. The number of nitrogens with two attached hydrogens (primary N) is 1.